The highest BCUT2D eigenvalue weighted by molar-refractivity contribution is 6.29. The van der Waals surface area contributed by atoms with Gasteiger partial charge < -0.3 is 10.6 Å². The van der Waals surface area contributed by atoms with Gasteiger partial charge in [-0.1, -0.05) is 11.6 Å². The van der Waals surface area contributed by atoms with Gasteiger partial charge in [0, 0.05) is 0 Å². The SMILES string of the molecule is Cc1nc(Cl)ccc1NC(=O)N[C@H](C)C(F)(F)F. The molecule has 0 spiro atoms. The number of alkyl halides is 3. The Kier molecular flexibility index (Phi) is 4.39. The van der Waals surface area contributed by atoms with Crippen molar-refractivity contribution in [2.45, 2.75) is 26.1 Å². The number of anilines is 1. The summed E-state index contributed by atoms with van der Waals surface area (Å²) in [5.74, 6) is 0. The first-order chi connectivity index (χ1) is 8.20. The third-order valence-electron chi connectivity index (χ3n) is 2.14. The van der Waals surface area contributed by atoms with Gasteiger partial charge >= 0.3 is 12.2 Å². The molecule has 1 atom stereocenters. The average molecular weight is 282 g/mol. The first-order valence-electron chi connectivity index (χ1n) is 4.97. The summed E-state index contributed by atoms with van der Waals surface area (Å²) in [7, 11) is 0. The molecule has 8 heteroatoms. The highest BCUT2D eigenvalue weighted by atomic mass is 35.5. The molecule has 0 radical (unpaired) electrons. The largest absolute Gasteiger partial charge is 0.408 e. The van der Waals surface area contributed by atoms with E-state index in [9.17, 15) is 18.0 Å². The molecule has 0 saturated carbocycles. The molecule has 2 N–H and O–H groups in total. The van der Waals surface area contributed by atoms with Crippen LogP contribution in [0.5, 0.6) is 0 Å². The van der Waals surface area contributed by atoms with Crippen molar-refractivity contribution < 1.29 is 18.0 Å². The Morgan fingerprint density at radius 3 is 2.56 bits per heavy atom. The van der Waals surface area contributed by atoms with Crippen LogP contribution in [-0.4, -0.2) is 23.2 Å². The number of urea groups is 1. The summed E-state index contributed by atoms with van der Waals surface area (Å²) >= 11 is 5.61. The molecule has 0 fully saturated rings. The minimum Gasteiger partial charge on any atom is -0.326 e. The van der Waals surface area contributed by atoms with Crippen molar-refractivity contribution in [2.75, 3.05) is 5.32 Å². The molecule has 1 aromatic heterocycles. The number of aromatic nitrogens is 1. The zero-order chi connectivity index (χ0) is 13.9. The number of aryl methyl sites for hydroxylation is 1. The zero-order valence-corrected chi connectivity index (χ0v) is 10.4. The number of hydrogen-bond donors (Lipinski definition) is 2. The topological polar surface area (TPSA) is 54.0 Å². The van der Waals surface area contributed by atoms with E-state index in [1.165, 1.54) is 12.1 Å². The summed E-state index contributed by atoms with van der Waals surface area (Å²) in [4.78, 5) is 15.2. The lowest BCUT2D eigenvalue weighted by Gasteiger charge is -2.17. The number of pyridine rings is 1. The fourth-order valence-electron chi connectivity index (χ4n) is 1.10. The third-order valence-corrected chi connectivity index (χ3v) is 2.35. The van der Waals surface area contributed by atoms with Gasteiger partial charge in [0.15, 0.2) is 0 Å². The molecule has 2 amide bonds. The number of nitrogens with zero attached hydrogens (tertiary/aromatic N) is 1. The molecule has 0 aliphatic heterocycles. The molecule has 0 bridgehead atoms. The summed E-state index contributed by atoms with van der Waals surface area (Å²) < 4.78 is 36.6. The second-order valence-corrected chi connectivity index (χ2v) is 4.02. The van der Waals surface area contributed by atoms with Gasteiger partial charge in [-0.3, -0.25) is 0 Å². The molecular formula is C10H11ClF3N3O. The molecule has 1 heterocycles. The van der Waals surface area contributed by atoms with Gasteiger partial charge in [-0.2, -0.15) is 13.2 Å². The second kappa shape index (κ2) is 5.43. The highest BCUT2D eigenvalue weighted by Crippen LogP contribution is 2.20. The molecule has 1 aromatic rings. The third kappa shape index (κ3) is 4.06. The molecule has 0 aliphatic carbocycles. The lowest BCUT2D eigenvalue weighted by molar-refractivity contribution is -0.148. The molecule has 18 heavy (non-hydrogen) atoms. The Bertz CT molecular complexity index is 450. The maximum Gasteiger partial charge on any atom is 0.408 e. The van der Waals surface area contributed by atoms with E-state index in [2.05, 4.69) is 10.3 Å². The Labute approximate surface area is 107 Å². The normalized spacial score (nSPS) is 13.0. The van der Waals surface area contributed by atoms with Crippen molar-refractivity contribution in [2.24, 2.45) is 0 Å². The molecule has 0 aliphatic rings. The maximum absolute atomic E-state index is 12.2. The summed E-state index contributed by atoms with van der Waals surface area (Å²) in [6.07, 6.45) is -4.48. The lowest BCUT2D eigenvalue weighted by Crippen LogP contribution is -2.45. The van der Waals surface area contributed by atoms with Crippen LogP contribution in [0.4, 0.5) is 23.7 Å². The number of rotatable bonds is 2. The van der Waals surface area contributed by atoms with Crippen LogP contribution in [0.1, 0.15) is 12.6 Å². The predicted octanol–water partition coefficient (Wildman–Crippen LogP) is 3.12. The monoisotopic (exact) mass is 281 g/mol. The minimum absolute atomic E-state index is 0.238. The van der Waals surface area contributed by atoms with E-state index in [0.29, 0.717) is 11.4 Å². The summed E-state index contributed by atoms with van der Waals surface area (Å²) in [6, 6.07) is 0.00459. The smallest absolute Gasteiger partial charge is 0.326 e. The van der Waals surface area contributed by atoms with E-state index < -0.39 is 18.2 Å². The van der Waals surface area contributed by atoms with Crippen LogP contribution in [0.3, 0.4) is 0 Å². The number of halogens is 4. The fourth-order valence-corrected chi connectivity index (χ4v) is 1.29. The van der Waals surface area contributed by atoms with Crippen LogP contribution in [0.2, 0.25) is 5.15 Å². The maximum atomic E-state index is 12.2. The van der Waals surface area contributed by atoms with E-state index in [1.807, 2.05) is 0 Å². The summed E-state index contributed by atoms with van der Waals surface area (Å²) in [5.41, 5.74) is 0.712. The standard InChI is InChI=1S/C10H11ClF3N3O/c1-5-7(3-4-8(11)15-5)17-9(18)16-6(2)10(12,13)14/h3-4,6H,1-2H3,(H2,16,17,18)/t6-/m1/s1. The van der Waals surface area contributed by atoms with Crippen LogP contribution in [0, 0.1) is 6.92 Å². The molecule has 0 aromatic carbocycles. The van der Waals surface area contributed by atoms with Crippen LogP contribution in [-0.2, 0) is 0 Å². The van der Waals surface area contributed by atoms with Crippen LogP contribution < -0.4 is 10.6 Å². The van der Waals surface area contributed by atoms with Gasteiger partial charge in [-0.25, -0.2) is 9.78 Å². The van der Waals surface area contributed by atoms with Crippen molar-refractivity contribution in [3.8, 4) is 0 Å². The molecule has 0 saturated heterocycles. The fraction of sp³-hybridized carbons (Fsp3) is 0.400. The first-order valence-corrected chi connectivity index (χ1v) is 5.35. The van der Waals surface area contributed by atoms with Gasteiger partial charge in [0.25, 0.3) is 0 Å². The summed E-state index contributed by atoms with van der Waals surface area (Å²) in [5, 5.41) is 4.28. The van der Waals surface area contributed by atoms with E-state index >= 15 is 0 Å². The number of carbonyl (C=O) groups is 1. The Balaban J connectivity index is 2.65. The van der Waals surface area contributed by atoms with E-state index in [-0.39, 0.29) is 5.15 Å². The molecule has 0 unspecified atom stereocenters. The Morgan fingerprint density at radius 1 is 1.44 bits per heavy atom. The minimum atomic E-state index is -4.48. The summed E-state index contributed by atoms with van der Waals surface area (Å²) in [6.45, 7) is 2.43. The van der Waals surface area contributed by atoms with Gasteiger partial charge in [0.1, 0.15) is 11.2 Å². The van der Waals surface area contributed by atoms with Gasteiger partial charge in [-0.05, 0) is 26.0 Å². The number of carbonyl (C=O) groups excluding carboxylic acids is 1. The van der Waals surface area contributed by atoms with E-state index in [1.54, 1.807) is 12.2 Å². The van der Waals surface area contributed by atoms with Crippen LogP contribution >= 0.6 is 11.6 Å². The average Bonchev–Trinajstić information content (AvgIpc) is 2.20. The van der Waals surface area contributed by atoms with Gasteiger partial charge in [0.05, 0.1) is 11.4 Å². The lowest BCUT2D eigenvalue weighted by atomic mass is 10.3. The van der Waals surface area contributed by atoms with Gasteiger partial charge in [-0.15, -0.1) is 0 Å². The van der Waals surface area contributed by atoms with Crippen LogP contribution in [0.25, 0.3) is 0 Å². The quantitative estimate of drug-likeness (QED) is 0.819. The molecule has 1 rings (SSSR count). The first kappa shape index (κ1) is 14.6. The number of amides is 2. The van der Waals surface area contributed by atoms with Crippen LogP contribution in [0.15, 0.2) is 12.1 Å². The van der Waals surface area contributed by atoms with Crippen molar-refractivity contribution in [3.63, 3.8) is 0 Å². The second-order valence-electron chi connectivity index (χ2n) is 3.63. The number of nitrogens with one attached hydrogen (secondary N) is 2. The molecular weight excluding hydrogens is 271 g/mol. The van der Waals surface area contributed by atoms with Gasteiger partial charge in [0.2, 0.25) is 0 Å². The van der Waals surface area contributed by atoms with Crippen molar-refractivity contribution >= 4 is 23.3 Å². The van der Waals surface area contributed by atoms with Crippen molar-refractivity contribution in [1.82, 2.24) is 10.3 Å². The van der Waals surface area contributed by atoms with Crippen molar-refractivity contribution in [3.05, 3.63) is 23.0 Å². The van der Waals surface area contributed by atoms with E-state index in [0.717, 1.165) is 6.92 Å². The zero-order valence-electron chi connectivity index (χ0n) is 9.60. The molecule has 100 valence electrons. The predicted molar refractivity (Wildman–Crippen MR) is 61.7 cm³/mol. The molecule has 4 nitrogen and oxygen atoms in total. The Morgan fingerprint density at radius 2 is 2.06 bits per heavy atom. The van der Waals surface area contributed by atoms with E-state index in [4.69, 9.17) is 11.6 Å². The van der Waals surface area contributed by atoms with Crippen molar-refractivity contribution in [1.29, 1.82) is 0 Å². The Hall–Kier alpha value is -1.50. The highest BCUT2D eigenvalue weighted by Gasteiger charge is 2.37. The number of hydrogen-bond acceptors (Lipinski definition) is 2.